The molecule has 0 radical (unpaired) electrons. The van der Waals surface area contributed by atoms with E-state index in [1.54, 1.807) is 0 Å². The number of esters is 1. The normalized spacial score (nSPS) is 13.4. The summed E-state index contributed by atoms with van der Waals surface area (Å²) in [6.07, 6.45) is 68.3. The average molecular weight is 917 g/mol. The molecule has 0 saturated carbocycles. The minimum absolute atomic E-state index is 0.0766. The third-order valence-corrected chi connectivity index (χ3v) is 10.8. The van der Waals surface area contributed by atoms with Crippen molar-refractivity contribution in [1.82, 2.24) is 10.6 Å². The lowest BCUT2D eigenvalue weighted by Crippen LogP contribution is -2.47. The lowest BCUT2D eigenvalue weighted by molar-refractivity contribution is -0.150. The van der Waals surface area contributed by atoms with Gasteiger partial charge in [-0.15, -0.1) is 0 Å². The third kappa shape index (κ3) is 46.0. The van der Waals surface area contributed by atoms with Crippen molar-refractivity contribution in [3.8, 4) is 0 Å². The predicted octanol–water partition coefficient (Wildman–Crippen LogP) is 13.9. The highest BCUT2D eigenvalue weighted by Gasteiger charge is 2.19. The zero-order valence-corrected chi connectivity index (χ0v) is 41.4. The minimum atomic E-state index is -1.39. The Bertz CT molecular complexity index is 1470. The average Bonchev–Trinajstić information content (AvgIpc) is 3.30. The van der Waals surface area contributed by atoms with E-state index in [9.17, 15) is 19.2 Å². The van der Waals surface area contributed by atoms with Gasteiger partial charge in [0.15, 0.2) is 0 Å². The maximum Gasteiger partial charge on any atom is 0.328 e. The fraction of sp³-hybridized carbons (Fsp3) is 0.614. The van der Waals surface area contributed by atoms with Crippen LogP contribution in [0.1, 0.15) is 200 Å². The molecule has 0 spiro atoms. The van der Waals surface area contributed by atoms with Crippen LogP contribution in [0.5, 0.6) is 0 Å². The van der Waals surface area contributed by atoms with Gasteiger partial charge in [-0.25, -0.2) is 4.79 Å². The number of amides is 2. The van der Waals surface area contributed by atoms with Crippen molar-refractivity contribution in [3.05, 3.63) is 109 Å². The maximum absolute atomic E-state index is 12.9. The van der Waals surface area contributed by atoms with E-state index in [0.717, 1.165) is 128 Å². The number of nitrogens with one attached hydrogen (secondary N) is 2. The second-order valence-electron chi connectivity index (χ2n) is 16.9. The van der Waals surface area contributed by atoms with Crippen molar-refractivity contribution in [2.45, 2.75) is 212 Å². The smallest absolute Gasteiger partial charge is 0.328 e. The quantitative estimate of drug-likeness (QED) is 0.0271. The number of carboxylic acid groups (broad SMARTS) is 1. The van der Waals surface area contributed by atoms with Gasteiger partial charge in [-0.05, 0) is 122 Å². The molecule has 0 rings (SSSR count). The summed E-state index contributed by atoms with van der Waals surface area (Å²) in [4.78, 5) is 47.8. The van der Waals surface area contributed by atoms with Crippen molar-refractivity contribution in [2.24, 2.45) is 0 Å². The fourth-order valence-corrected chi connectivity index (χ4v) is 6.85. The summed E-state index contributed by atoms with van der Waals surface area (Å²) in [5.74, 6) is -2.39. The van der Waals surface area contributed by atoms with Crippen LogP contribution in [0.15, 0.2) is 109 Å². The second kappa shape index (κ2) is 49.9. The molecule has 9 nitrogen and oxygen atoms in total. The van der Waals surface area contributed by atoms with E-state index in [1.807, 2.05) is 0 Å². The molecule has 372 valence electrons. The van der Waals surface area contributed by atoms with Crippen molar-refractivity contribution in [1.29, 1.82) is 0 Å². The lowest BCUT2D eigenvalue weighted by atomic mass is 10.0. The van der Waals surface area contributed by atoms with E-state index < -0.39 is 24.5 Å². The van der Waals surface area contributed by atoms with Crippen LogP contribution < -0.4 is 10.6 Å². The lowest BCUT2D eigenvalue weighted by Gasteiger charge is -2.18. The van der Waals surface area contributed by atoms with Crippen molar-refractivity contribution >= 4 is 23.8 Å². The number of carbonyl (C=O) groups excluding carboxylic acids is 3. The number of carbonyl (C=O) groups is 4. The summed E-state index contributed by atoms with van der Waals surface area (Å²) in [7, 11) is 0. The molecule has 0 aromatic rings. The summed E-state index contributed by atoms with van der Waals surface area (Å²) < 4.78 is 6.02. The first-order valence-electron chi connectivity index (χ1n) is 25.8. The van der Waals surface area contributed by atoms with Crippen LogP contribution in [0.4, 0.5) is 0 Å². The Morgan fingerprint density at radius 3 is 1.35 bits per heavy atom. The zero-order valence-electron chi connectivity index (χ0n) is 41.4. The van der Waals surface area contributed by atoms with Gasteiger partial charge in [0.25, 0.3) is 0 Å². The number of ether oxygens (including phenoxy) is 1. The third-order valence-electron chi connectivity index (χ3n) is 10.8. The van der Waals surface area contributed by atoms with Crippen molar-refractivity contribution in [2.75, 3.05) is 13.2 Å². The van der Waals surface area contributed by atoms with Gasteiger partial charge in [0.2, 0.25) is 11.8 Å². The fourth-order valence-electron chi connectivity index (χ4n) is 6.85. The van der Waals surface area contributed by atoms with E-state index in [1.165, 1.54) is 38.5 Å². The summed E-state index contributed by atoms with van der Waals surface area (Å²) in [5, 5.41) is 22.6. The topological polar surface area (TPSA) is 142 Å². The number of aliphatic carboxylic acids is 1. The van der Waals surface area contributed by atoms with Crippen LogP contribution in [-0.4, -0.2) is 59.3 Å². The number of hydrogen-bond donors (Lipinski definition) is 4. The van der Waals surface area contributed by atoms with Gasteiger partial charge in [0, 0.05) is 12.8 Å². The first-order valence-corrected chi connectivity index (χ1v) is 25.8. The summed E-state index contributed by atoms with van der Waals surface area (Å²) in [6, 6.07) is -1.39. The first-order chi connectivity index (χ1) is 32.3. The SMILES string of the molecule is CC/C=C\C/C=C\C/C=C\C/C=C\C/C=C\C/C=C\C/C=C\CCCC(=O)OC(CCCCC/C=C\C/C=C\CCCCCCC)CCCCCCCC(=O)NCC(=O)NC(CO)C(=O)O. The number of unbranched alkanes of at least 4 members (excludes halogenated alkanes) is 13. The number of aliphatic hydroxyl groups excluding tert-OH is 1. The summed E-state index contributed by atoms with van der Waals surface area (Å²) >= 11 is 0. The molecule has 0 aliphatic carbocycles. The minimum Gasteiger partial charge on any atom is -0.480 e. The van der Waals surface area contributed by atoms with Crippen molar-refractivity contribution in [3.63, 3.8) is 0 Å². The van der Waals surface area contributed by atoms with Crippen LogP contribution in [0.3, 0.4) is 0 Å². The van der Waals surface area contributed by atoms with E-state index >= 15 is 0 Å². The monoisotopic (exact) mass is 917 g/mol. The highest BCUT2D eigenvalue weighted by Crippen LogP contribution is 2.18. The molecule has 0 bridgehead atoms. The number of rotatable bonds is 45. The molecule has 0 heterocycles. The molecule has 4 N–H and O–H groups in total. The number of hydrogen-bond acceptors (Lipinski definition) is 6. The molecule has 2 unspecified atom stereocenters. The Hall–Kier alpha value is -4.50. The number of allylic oxidation sites excluding steroid dienone is 18. The molecule has 2 amide bonds. The molecule has 66 heavy (non-hydrogen) atoms. The van der Waals surface area contributed by atoms with Gasteiger partial charge in [-0.1, -0.05) is 175 Å². The van der Waals surface area contributed by atoms with Gasteiger partial charge in [-0.3, -0.25) is 14.4 Å². The molecular weight excluding hydrogens is 825 g/mol. The predicted molar refractivity (Wildman–Crippen MR) is 277 cm³/mol. The molecule has 0 saturated heterocycles. The van der Waals surface area contributed by atoms with E-state index in [-0.39, 0.29) is 30.9 Å². The number of aliphatic hydroxyl groups is 1. The van der Waals surface area contributed by atoms with Gasteiger partial charge in [-0.2, -0.15) is 0 Å². The molecule has 0 aromatic heterocycles. The van der Waals surface area contributed by atoms with E-state index in [2.05, 4.69) is 134 Å². The van der Waals surface area contributed by atoms with Crippen LogP contribution >= 0.6 is 0 Å². The zero-order chi connectivity index (χ0) is 48.2. The molecular formula is C57H92N2O7. The molecule has 9 heteroatoms. The van der Waals surface area contributed by atoms with Crippen LogP contribution in [0, 0.1) is 0 Å². The largest absolute Gasteiger partial charge is 0.480 e. The standard InChI is InChI=1S/C57H92N2O7/c1-3-5-7-9-11-13-15-17-19-20-21-22-23-24-25-26-28-30-32-34-36-41-45-49-56(63)66-52(46-42-38-35-33-31-29-27-18-16-14-12-10-8-6-4-2)47-43-39-37-40-44-48-54(61)58-50-55(62)59-53(51-60)57(64)65/h5,7,11,13,16-19,21-22,24-25,28-31,34,36,52-53,60H,3-4,6,8-10,12,14-15,20,23,26-27,32-33,35,37-51H2,1-2H3,(H,58,61)(H,59,62)(H,64,65)/b7-5-,13-11-,18-16-,19-17-,22-21-,25-24-,30-28-,31-29-,36-34-. The highest BCUT2D eigenvalue weighted by atomic mass is 16.5. The van der Waals surface area contributed by atoms with Crippen molar-refractivity contribution < 1.29 is 34.1 Å². The van der Waals surface area contributed by atoms with Gasteiger partial charge < -0.3 is 25.6 Å². The highest BCUT2D eigenvalue weighted by molar-refractivity contribution is 5.87. The molecule has 0 fully saturated rings. The van der Waals surface area contributed by atoms with Gasteiger partial charge in [0.1, 0.15) is 12.1 Å². The Balaban J connectivity index is 4.49. The second-order valence-corrected chi connectivity index (χ2v) is 16.9. The summed E-state index contributed by atoms with van der Waals surface area (Å²) in [5.41, 5.74) is 0. The van der Waals surface area contributed by atoms with Crippen LogP contribution in [0.2, 0.25) is 0 Å². The van der Waals surface area contributed by atoms with E-state index in [4.69, 9.17) is 14.9 Å². The maximum atomic E-state index is 12.9. The first kappa shape index (κ1) is 61.5. The molecule has 0 aliphatic heterocycles. The summed E-state index contributed by atoms with van der Waals surface area (Å²) in [6.45, 7) is 3.35. The van der Waals surface area contributed by atoms with E-state index in [0.29, 0.717) is 12.8 Å². The van der Waals surface area contributed by atoms with Gasteiger partial charge >= 0.3 is 11.9 Å². The van der Waals surface area contributed by atoms with Crippen LogP contribution in [-0.2, 0) is 23.9 Å². The Kier molecular flexibility index (Phi) is 46.5. The molecule has 0 aliphatic rings. The molecule has 0 aromatic carbocycles. The van der Waals surface area contributed by atoms with Crippen LogP contribution in [0.25, 0.3) is 0 Å². The molecule has 2 atom stereocenters. The Morgan fingerprint density at radius 1 is 0.470 bits per heavy atom. The van der Waals surface area contributed by atoms with Gasteiger partial charge in [0.05, 0.1) is 13.2 Å². The number of carboxylic acids is 1. The Labute approximate surface area is 401 Å². The Morgan fingerprint density at radius 2 is 0.879 bits per heavy atom.